The van der Waals surface area contributed by atoms with Crippen molar-refractivity contribution in [3.63, 3.8) is 0 Å². The third kappa shape index (κ3) is 2.94. The van der Waals surface area contributed by atoms with Crippen LogP contribution >= 0.6 is 0 Å². The highest BCUT2D eigenvalue weighted by Gasteiger charge is 2.35. The van der Waals surface area contributed by atoms with Gasteiger partial charge in [0.2, 0.25) is 5.91 Å². The number of ether oxygens (including phenoxy) is 1. The second kappa shape index (κ2) is 6.03. The zero-order valence-corrected chi connectivity index (χ0v) is 12.6. The molecule has 1 heterocycles. The summed E-state index contributed by atoms with van der Waals surface area (Å²) in [7, 11) is 4.94. The molecular weight excluding hydrogens is 270 g/mol. The van der Waals surface area contributed by atoms with Gasteiger partial charge in [-0.3, -0.25) is 9.59 Å². The number of anilines is 1. The van der Waals surface area contributed by atoms with Crippen LogP contribution < -0.4 is 10.5 Å². The van der Waals surface area contributed by atoms with Gasteiger partial charge in [-0.25, -0.2) is 0 Å². The predicted octanol–water partition coefficient (Wildman–Crippen LogP) is 0.970. The Kier molecular flexibility index (Phi) is 4.35. The molecule has 1 aromatic carbocycles. The smallest absolute Gasteiger partial charge is 0.256 e. The summed E-state index contributed by atoms with van der Waals surface area (Å²) in [4.78, 5) is 27.9. The lowest BCUT2D eigenvalue weighted by atomic mass is 10.1. The zero-order chi connectivity index (χ0) is 15.6. The van der Waals surface area contributed by atoms with Crippen LogP contribution in [-0.2, 0) is 4.79 Å². The number of likely N-dealkylation sites (N-methyl/N-ethyl adjacent to an activating group) is 1. The molecule has 1 aromatic rings. The van der Waals surface area contributed by atoms with E-state index < -0.39 is 6.04 Å². The molecule has 0 aliphatic carbocycles. The van der Waals surface area contributed by atoms with Gasteiger partial charge in [0.05, 0.1) is 12.7 Å². The van der Waals surface area contributed by atoms with Gasteiger partial charge < -0.3 is 20.3 Å². The van der Waals surface area contributed by atoms with Gasteiger partial charge in [-0.1, -0.05) is 0 Å². The monoisotopic (exact) mass is 291 g/mol. The van der Waals surface area contributed by atoms with Crippen LogP contribution in [0.3, 0.4) is 0 Å². The van der Waals surface area contributed by atoms with Crippen molar-refractivity contribution in [3.05, 3.63) is 23.8 Å². The molecule has 1 fully saturated rings. The Morgan fingerprint density at radius 1 is 1.38 bits per heavy atom. The highest BCUT2D eigenvalue weighted by atomic mass is 16.5. The number of amides is 2. The zero-order valence-electron chi connectivity index (χ0n) is 12.6. The summed E-state index contributed by atoms with van der Waals surface area (Å²) in [5, 5.41) is 0. The molecule has 0 radical (unpaired) electrons. The molecule has 1 aliphatic rings. The first-order chi connectivity index (χ1) is 9.95. The third-order valence-electron chi connectivity index (χ3n) is 3.73. The average Bonchev–Trinajstić information content (AvgIpc) is 2.94. The highest BCUT2D eigenvalue weighted by Crippen LogP contribution is 2.26. The summed E-state index contributed by atoms with van der Waals surface area (Å²) < 4.78 is 5.08. The second-order valence-electron chi connectivity index (χ2n) is 5.34. The summed E-state index contributed by atoms with van der Waals surface area (Å²) in [6.07, 6.45) is 1.52. The van der Waals surface area contributed by atoms with E-state index in [0.29, 0.717) is 30.0 Å². The van der Waals surface area contributed by atoms with Crippen molar-refractivity contribution in [1.29, 1.82) is 0 Å². The number of hydrogen-bond acceptors (Lipinski definition) is 4. The lowest BCUT2D eigenvalue weighted by Gasteiger charge is -2.26. The van der Waals surface area contributed by atoms with Gasteiger partial charge in [0.1, 0.15) is 11.8 Å². The Morgan fingerprint density at radius 3 is 2.67 bits per heavy atom. The van der Waals surface area contributed by atoms with Gasteiger partial charge in [-0.2, -0.15) is 0 Å². The van der Waals surface area contributed by atoms with E-state index in [4.69, 9.17) is 10.5 Å². The molecule has 114 valence electrons. The van der Waals surface area contributed by atoms with Gasteiger partial charge in [0, 0.05) is 32.4 Å². The maximum absolute atomic E-state index is 12.6. The van der Waals surface area contributed by atoms with Crippen LogP contribution in [-0.4, -0.2) is 55.4 Å². The van der Waals surface area contributed by atoms with Crippen LogP contribution in [0.1, 0.15) is 23.2 Å². The van der Waals surface area contributed by atoms with Crippen molar-refractivity contribution >= 4 is 17.5 Å². The van der Waals surface area contributed by atoms with E-state index in [9.17, 15) is 9.59 Å². The number of benzene rings is 1. The van der Waals surface area contributed by atoms with Crippen molar-refractivity contribution in [2.75, 3.05) is 33.5 Å². The second-order valence-corrected chi connectivity index (χ2v) is 5.34. The van der Waals surface area contributed by atoms with Crippen molar-refractivity contribution in [3.8, 4) is 5.75 Å². The van der Waals surface area contributed by atoms with Gasteiger partial charge >= 0.3 is 0 Å². The molecular formula is C15H21N3O3. The number of carbonyl (C=O) groups excluding carboxylic acids is 2. The summed E-state index contributed by atoms with van der Waals surface area (Å²) in [5.41, 5.74) is 6.70. The normalized spacial score (nSPS) is 17.7. The molecule has 0 bridgehead atoms. The molecule has 1 aliphatic heterocycles. The first-order valence-corrected chi connectivity index (χ1v) is 6.91. The van der Waals surface area contributed by atoms with E-state index in [1.165, 1.54) is 4.90 Å². The molecule has 1 saturated heterocycles. The summed E-state index contributed by atoms with van der Waals surface area (Å²) in [6, 6.07) is 4.56. The van der Waals surface area contributed by atoms with Crippen molar-refractivity contribution in [2.24, 2.45) is 0 Å². The van der Waals surface area contributed by atoms with Crippen molar-refractivity contribution < 1.29 is 14.3 Å². The number of nitrogen functional groups attached to an aromatic ring is 1. The maximum Gasteiger partial charge on any atom is 0.256 e. The molecule has 2 rings (SSSR count). The van der Waals surface area contributed by atoms with Crippen LogP contribution in [0.2, 0.25) is 0 Å². The Balaban J connectivity index is 2.25. The molecule has 1 unspecified atom stereocenters. The third-order valence-corrected chi connectivity index (χ3v) is 3.73. The summed E-state index contributed by atoms with van der Waals surface area (Å²) in [6.45, 7) is 0.578. The lowest BCUT2D eigenvalue weighted by molar-refractivity contribution is -0.132. The standard InChI is InChI=1S/C15H21N3O3/c1-17(2)15(20)13-5-4-8-18(13)14(19)11-7-6-10(21-3)9-12(11)16/h6-7,9,13H,4-5,8,16H2,1-3H3. The predicted molar refractivity (Wildman–Crippen MR) is 80.2 cm³/mol. The van der Waals surface area contributed by atoms with Crippen LogP contribution in [0.5, 0.6) is 5.75 Å². The molecule has 2 amide bonds. The van der Waals surface area contributed by atoms with Crippen LogP contribution in [0.4, 0.5) is 5.69 Å². The fourth-order valence-corrected chi connectivity index (χ4v) is 2.58. The molecule has 0 saturated carbocycles. The Bertz CT molecular complexity index is 557. The molecule has 0 aromatic heterocycles. The SMILES string of the molecule is COc1ccc(C(=O)N2CCCC2C(=O)N(C)C)c(N)c1. The minimum Gasteiger partial charge on any atom is -0.497 e. The number of likely N-dealkylation sites (tertiary alicyclic amines) is 1. The van der Waals surface area contributed by atoms with E-state index >= 15 is 0 Å². The number of nitrogens with zero attached hydrogens (tertiary/aromatic N) is 2. The van der Waals surface area contributed by atoms with Crippen molar-refractivity contribution in [2.45, 2.75) is 18.9 Å². The molecule has 2 N–H and O–H groups in total. The molecule has 1 atom stereocenters. The average molecular weight is 291 g/mol. The Labute approximate surface area is 124 Å². The van der Waals surface area contributed by atoms with E-state index in [0.717, 1.165) is 6.42 Å². The van der Waals surface area contributed by atoms with Crippen LogP contribution in [0.25, 0.3) is 0 Å². The number of nitrogens with two attached hydrogens (primary N) is 1. The lowest BCUT2D eigenvalue weighted by Crippen LogP contribution is -2.45. The molecule has 6 nitrogen and oxygen atoms in total. The maximum atomic E-state index is 12.6. The number of hydrogen-bond donors (Lipinski definition) is 1. The summed E-state index contributed by atoms with van der Waals surface area (Å²) >= 11 is 0. The number of methoxy groups -OCH3 is 1. The van der Waals surface area contributed by atoms with E-state index in [-0.39, 0.29) is 11.8 Å². The van der Waals surface area contributed by atoms with E-state index in [1.54, 1.807) is 44.3 Å². The fourth-order valence-electron chi connectivity index (χ4n) is 2.58. The fraction of sp³-hybridized carbons (Fsp3) is 0.467. The first-order valence-electron chi connectivity index (χ1n) is 6.91. The largest absolute Gasteiger partial charge is 0.497 e. The minimum absolute atomic E-state index is 0.0482. The Morgan fingerprint density at radius 2 is 2.10 bits per heavy atom. The van der Waals surface area contributed by atoms with E-state index in [1.807, 2.05) is 0 Å². The van der Waals surface area contributed by atoms with Crippen molar-refractivity contribution in [1.82, 2.24) is 9.80 Å². The first kappa shape index (κ1) is 15.2. The minimum atomic E-state index is -0.394. The highest BCUT2D eigenvalue weighted by molar-refractivity contribution is 6.01. The van der Waals surface area contributed by atoms with Crippen LogP contribution in [0, 0.1) is 0 Å². The summed E-state index contributed by atoms with van der Waals surface area (Å²) in [5.74, 6) is 0.354. The Hall–Kier alpha value is -2.24. The van der Waals surface area contributed by atoms with Gasteiger partial charge in [0.15, 0.2) is 0 Å². The van der Waals surface area contributed by atoms with Crippen LogP contribution in [0.15, 0.2) is 18.2 Å². The molecule has 0 spiro atoms. The number of rotatable bonds is 3. The molecule has 21 heavy (non-hydrogen) atoms. The van der Waals surface area contributed by atoms with Gasteiger partial charge in [-0.05, 0) is 25.0 Å². The molecule has 6 heteroatoms. The van der Waals surface area contributed by atoms with Gasteiger partial charge in [0.25, 0.3) is 5.91 Å². The number of carbonyl (C=O) groups is 2. The topological polar surface area (TPSA) is 75.9 Å². The van der Waals surface area contributed by atoms with Gasteiger partial charge in [-0.15, -0.1) is 0 Å². The quantitative estimate of drug-likeness (QED) is 0.842. The van der Waals surface area contributed by atoms with E-state index in [2.05, 4.69) is 0 Å².